The van der Waals surface area contributed by atoms with Crippen LogP contribution in [0.3, 0.4) is 0 Å². The molecule has 1 aliphatic rings. The summed E-state index contributed by atoms with van der Waals surface area (Å²) in [6.45, 7) is 3.26. The molecular weight excluding hydrogens is 354 g/mol. The molecule has 2 heterocycles. The van der Waals surface area contributed by atoms with Crippen molar-refractivity contribution in [3.05, 3.63) is 30.0 Å². The molecular formula is C18H21N3O6. The van der Waals surface area contributed by atoms with E-state index in [1.54, 1.807) is 22.8 Å². The summed E-state index contributed by atoms with van der Waals surface area (Å²) in [6.07, 6.45) is -0.447. The van der Waals surface area contributed by atoms with E-state index in [4.69, 9.17) is 14.0 Å². The first-order chi connectivity index (χ1) is 13.1. The summed E-state index contributed by atoms with van der Waals surface area (Å²) in [4.78, 5) is 39.0. The molecule has 9 heteroatoms. The van der Waals surface area contributed by atoms with Crippen molar-refractivity contribution in [1.82, 2.24) is 15.0 Å². The zero-order valence-corrected chi connectivity index (χ0v) is 15.1. The second-order valence-corrected chi connectivity index (χ2v) is 6.03. The maximum atomic E-state index is 12.2. The second-order valence-electron chi connectivity index (χ2n) is 6.03. The van der Waals surface area contributed by atoms with E-state index < -0.39 is 5.97 Å². The quantitative estimate of drug-likeness (QED) is 0.724. The van der Waals surface area contributed by atoms with Crippen LogP contribution in [0.15, 0.2) is 28.8 Å². The number of aromatic nitrogens is 1. The van der Waals surface area contributed by atoms with E-state index in [0.29, 0.717) is 44.1 Å². The number of para-hydroxylation sites is 1. The van der Waals surface area contributed by atoms with Crippen molar-refractivity contribution < 1.29 is 28.4 Å². The lowest BCUT2D eigenvalue weighted by Crippen LogP contribution is -2.51. The molecule has 1 aromatic heterocycles. The molecule has 1 aromatic carbocycles. The molecule has 1 saturated heterocycles. The number of amides is 2. The number of piperazine rings is 1. The smallest absolute Gasteiger partial charge is 0.409 e. The highest BCUT2D eigenvalue weighted by atomic mass is 16.6. The summed E-state index contributed by atoms with van der Waals surface area (Å²) < 4.78 is 15.2. The van der Waals surface area contributed by atoms with Gasteiger partial charge in [0.25, 0.3) is 5.91 Å². The van der Waals surface area contributed by atoms with Crippen LogP contribution >= 0.6 is 0 Å². The summed E-state index contributed by atoms with van der Waals surface area (Å²) in [5, 5.41) is 4.62. The SMILES string of the molecule is CCOC(=O)N1CCN(C(=O)COC(=O)Cc2noc3ccccc23)CC1. The lowest BCUT2D eigenvalue weighted by molar-refractivity contribution is -0.152. The lowest BCUT2D eigenvalue weighted by atomic mass is 10.2. The Balaban J connectivity index is 1.44. The van der Waals surface area contributed by atoms with Crippen LogP contribution in [0.5, 0.6) is 0 Å². The Morgan fingerprint density at radius 1 is 1.07 bits per heavy atom. The minimum Gasteiger partial charge on any atom is -0.455 e. The number of esters is 1. The van der Waals surface area contributed by atoms with Gasteiger partial charge in [-0.25, -0.2) is 4.79 Å². The van der Waals surface area contributed by atoms with Gasteiger partial charge in [0.15, 0.2) is 12.2 Å². The Kier molecular flexibility index (Phi) is 5.90. The third-order valence-corrected chi connectivity index (χ3v) is 4.28. The van der Waals surface area contributed by atoms with Gasteiger partial charge in [-0.05, 0) is 19.1 Å². The molecule has 0 bridgehead atoms. The predicted molar refractivity (Wildman–Crippen MR) is 93.8 cm³/mol. The number of hydrogen-bond donors (Lipinski definition) is 0. The first-order valence-electron chi connectivity index (χ1n) is 8.77. The Hall–Kier alpha value is -3.10. The van der Waals surface area contributed by atoms with E-state index in [0.717, 1.165) is 5.39 Å². The fraction of sp³-hybridized carbons (Fsp3) is 0.444. The molecule has 0 N–H and O–H groups in total. The van der Waals surface area contributed by atoms with Gasteiger partial charge in [-0.1, -0.05) is 17.3 Å². The second kappa shape index (κ2) is 8.52. The zero-order chi connectivity index (χ0) is 19.2. The molecule has 0 radical (unpaired) electrons. The van der Waals surface area contributed by atoms with Gasteiger partial charge in [0, 0.05) is 31.6 Å². The van der Waals surface area contributed by atoms with Crippen LogP contribution in [-0.2, 0) is 25.5 Å². The van der Waals surface area contributed by atoms with Crippen LogP contribution in [0.1, 0.15) is 12.6 Å². The number of benzene rings is 1. The maximum Gasteiger partial charge on any atom is 0.409 e. The van der Waals surface area contributed by atoms with Crippen molar-refractivity contribution in [2.45, 2.75) is 13.3 Å². The van der Waals surface area contributed by atoms with E-state index in [1.807, 2.05) is 18.2 Å². The first kappa shape index (κ1) is 18.7. The number of fused-ring (bicyclic) bond motifs is 1. The Labute approximate surface area is 155 Å². The van der Waals surface area contributed by atoms with Gasteiger partial charge >= 0.3 is 12.1 Å². The molecule has 0 spiro atoms. The maximum absolute atomic E-state index is 12.2. The highest BCUT2D eigenvalue weighted by Crippen LogP contribution is 2.18. The van der Waals surface area contributed by atoms with Crippen LogP contribution in [-0.4, -0.2) is 72.3 Å². The Morgan fingerprint density at radius 3 is 2.52 bits per heavy atom. The number of nitrogens with zero attached hydrogens (tertiary/aromatic N) is 3. The number of rotatable bonds is 5. The van der Waals surface area contributed by atoms with Gasteiger partial charge in [0.1, 0.15) is 5.69 Å². The highest BCUT2D eigenvalue weighted by Gasteiger charge is 2.25. The summed E-state index contributed by atoms with van der Waals surface area (Å²) in [5.74, 6) is -0.843. The number of carbonyl (C=O) groups excluding carboxylic acids is 3. The van der Waals surface area contributed by atoms with Crippen molar-refractivity contribution in [3.63, 3.8) is 0 Å². The van der Waals surface area contributed by atoms with Crippen molar-refractivity contribution in [2.24, 2.45) is 0 Å². The average Bonchev–Trinajstić information content (AvgIpc) is 3.09. The zero-order valence-electron chi connectivity index (χ0n) is 15.1. The average molecular weight is 375 g/mol. The van der Waals surface area contributed by atoms with E-state index in [9.17, 15) is 14.4 Å². The van der Waals surface area contributed by atoms with Gasteiger partial charge in [-0.2, -0.15) is 0 Å². The topological polar surface area (TPSA) is 102 Å². The molecule has 0 unspecified atom stereocenters. The fourth-order valence-corrected chi connectivity index (χ4v) is 2.84. The minimum absolute atomic E-state index is 0.0685. The predicted octanol–water partition coefficient (Wildman–Crippen LogP) is 1.21. The van der Waals surface area contributed by atoms with Crippen molar-refractivity contribution in [2.75, 3.05) is 39.4 Å². The number of hydrogen-bond acceptors (Lipinski definition) is 7. The van der Waals surface area contributed by atoms with Crippen LogP contribution in [0, 0.1) is 0 Å². The molecule has 2 aromatic rings. The van der Waals surface area contributed by atoms with E-state index in [-0.39, 0.29) is 25.0 Å². The minimum atomic E-state index is -0.549. The van der Waals surface area contributed by atoms with Crippen LogP contribution < -0.4 is 0 Å². The molecule has 144 valence electrons. The van der Waals surface area contributed by atoms with E-state index in [1.165, 1.54) is 0 Å². The van der Waals surface area contributed by atoms with E-state index >= 15 is 0 Å². The normalized spacial score (nSPS) is 14.3. The molecule has 27 heavy (non-hydrogen) atoms. The fourth-order valence-electron chi connectivity index (χ4n) is 2.84. The van der Waals surface area contributed by atoms with Gasteiger partial charge in [-0.3, -0.25) is 9.59 Å². The van der Waals surface area contributed by atoms with Gasteiger partial charge in [0.05, 0.1) is 13.0 Å². The van der Waals surface area contributed by atoms with Crippen molar-refractivity contribution in [3.8, 4) is 0 Å². The summed E-state index contributed by atoms with van der Waals surface area (Å²) >= 11 is 0. The molecule has 0 saturated carbocycles. The van der Waals surface area contributed by atoms with Gasteiger partial charge in [-0.15, -0.1) is 0 Å². The Bertz CT molecular complexity index is 825. The third kappa shape index (κ3) is 4.55. The van der Waals surface area contributed by atoms with Gasteiger partial charge in [0.2, 0.25) is 0 Å². The van der Waals surface area contributed by atoms with Crippen molar-refractivity contribution >= 4 is 28.9 Å². The highest BCUT2D eigenvalue weighted by molar-refractivity contribution is 5.85. The molecule has 1 fully saturated rings. The molecule has 9 nitrogen and oxygen atoms in total. The molecule has 2 amide bonds. The Morgan fingerprint density at radius 2 is 1.78 bits per heavy atom. The number of ether oxygens (including phenoxy) is 2. The summed E-state index contributed by atoms with van der Waals surface area (Å²) in [7, 11) is 0. The van der Waals surface area contributed by atoms with Gasteiger partial charge < -0.3 is 23.8 Å². The molecule has 3 rings (SSSR count). The monoisotopic (exact) mass is 375 g/mol. The first-order valence-corrected chi connectivity index (χ1v) is 8.77. The lowest BCUT2D eigenvalue weighted by Gasteiger charge is -2.33. The molecule has 1 aliphatic heterocycles. The summed E-state index contributed by atoms with van der Waals surface area (Å²) in [5.41, 5.74) is 1.07. The summed E-state index contributed by atoms with van der Waals surface area (Å²) in [6, 6.07) is 7.21. The molecule has 0 aliphatic carbocycles. The van der Waals surface area contributed by atoms with Crippen LogP contribution in [0.25, 0.3) is 11.0 Å². The van der Waals surface area contributed by atoms with E-state index in [2.05, 4.69) is 5.16 Å². The van der Waals surface area contributed by atoms with Crippen molar-refractivity contribution in [1.29, 1.82) is 0 Å². The van der Waals surface area contributed by atoms with Crippen LogP contribution in [0.4, 0.5) is 4.79 Å². The van der Waals surface area contributed by atoms with Crippen LogP contribution in [0.2, 0.25) is 0 Å². The molecule has 0 atom stereocenters. The number of carbonyl (C=O) groups is 3. The largest absolute Gasteiger partial charge is 0.455 e. The third-order valence-electron chi connectivity index (χ3n) is 4.28. The standard InChI is InChI=1S/C18H21N3O6/c1-2-25-18(24)21-9-7-20(8-10-21)16(22)12-26-17(23)11-14-13-5-3-4-6-15(13)27-19-14/h3-6H,2,7-12H2,1H3.